The minimum Gasteiger partial charge on any atom is -0.508 e. The highest BCUT2D eigenvalue weighted by atomic mass is 16.3. The van der Waals surface area contributed by atoms with Crippen LogP contribution in [0.2, 0.25) is 0 Å². The van der Waals surface area contributed by atoms with Gasteiger partial charge in [0, 0.05) is 44.6 Å². The quantitative estimate of drug-likeness (QED) is 0.0650. The number of nitrogens with zero attached hydrogens (tertiary/aromatic N) is 3. The van der Waals surface area contributed by atoms with Gasteiger partial charge in [0.25, 0.3) is 11.8 Å². The number of aromatic hydroxyl groups is 6. The van der Waals surface area contributed by atoms with E-state index in [0.29, 0.717) is 34.0 Å². The molecule has 2 saturated carbocycles. The number of benzene rings is 16. The summed E-state index contributed by atoms with van der Waals surface area (Å²) in [7, 11) is 0. The van der Waals surface area contributed by atoms with Crippen molar-refractivity contribution >= 4 is 46.0 Å². The second kappa shape index (κ2) is 38.1. The second-order valence-electron chi connectivity index (χ2n) is 37.9. The van der Waals surface area contributed by atoms with Crippen LogP contribution in [0.15, 0.2) is 394 Å². The number of anilines is 5. The van der Waals surface area contributed by atoms with E-state index in [2.05, 4.69) is 113 Å². The summed E-state index contributed by atoms with van der Waals surface area (Å²) in [5.74, 6) is 1.99. The molecular formula is C123H115N3O9. The Bertz CT molecular complexity index is 6660. The lowest BCUT2D eigenvalue weighted by molar-refractivity contribution is -0.120. The first kappa shape index (κ1) is 91.6. The zero-order valence-corrected chi connectivity index (χ0v) is 78.0. The number of ketones is 1. The predicted octanol–water partition coefficient (Wildman–Crippen LogP) is 28.1. The molecule has 12 nitrogen and oxygen atoms in total. The van der Waals surface area contributed by atoms with Gasteiger partial charge in [-0.3, -0.25) is 24.2 Å². The Labute approximate surface area is 793 Å². The maximum Gasteiger partial charge on any atom is 0.260 e. The molecule has 5 aliphatic rings. The van der Waals surface area contributed by atoms with Gasteiger partial charge in [0.2, 0.25) is 0 Å². The smallest absolute Gasteiger partial charge is 0.260 e. The van der Waals surface area contributed by atoms with Crippen molar-refractivity contribution in [3.8, 4) is 34.5 Å². The number of phenolic OH excluding ortho intramolecular Hbond substituents is 6. The Morgan fingerprint density at radius 2 is 0.659 bits per heavy atom. The molecule has 6 N–H and O–H groups in total. The largest absolute Gasteiger partial charge is 0.508 e. The first-order chi connectivity index (χ1) is 65.2. The highest BCUT2D eigenvalue weighted by Crippen LogP contribution is 2.59. The molecule has 676 valence electrons. The van der Waals surface area contributed by atoms with Crippen LogP contribution in [-0.2, 0) is 32.1 Å². The molecule has 4 unspecified atom stereocenters. The van der Waals surface area contributed by atoms with Crippen molar-refractivity contribution in [3.05, 3.63) is 506 Å². The molecule has 0 aromatic heterocycles. The fraction of sp³-hybridized carbons (Fsp3) is 0.195. The molecule has 21 rings (SSSR count). The second-order valence-corrected chi connectivity index (χ2v) is 37.9. The molecule has 0 radical (unpaired) electrons. The summed E-state index contributed by atoms with van der Waals surface area (Å²) < 4.78 is 0. The minimum atomic E-state index is -1.06. The Morgan fingerprint density at radius 1 is 0.296 bits per heavy atom. The lowest BCUT2D eigenvalue weighted by Gasteiger charge is -2.48. The first-order valence-corrected chi connectivity index (χ1v) is 46.7. The molecule has 0 spiro atoms. The number of carbonyl (C=O) groups excluding carboxylic acids is 3. The number of aryl methyl sites for hydroxylation is 6. The van der Waals surface area contributed by atoms with E-state index in [-0.39, 0.29) is 51.4 Å². The molecule has 12 heteroatoms. The standard InChI is InChI=1S/2C27H21NO2.C26H19NO3.C22H28O.C21H26O/c1-19-11-13-20(14-12-19)27(21-15-17-23(29)18-16-21)24-9-5-6-10-25(24)28(26(27)30)22-7-3-2-4-8-22;1-19-11-13-20(14-12-19)27(21-15-17-23(29)18-16-21)26(30)24-9-5-6-10-25(24)28(27)22-7-3-2-4-8-22;28-21-14-10-18(11-15-21)26(19-12-16-22(29)17-13-19)24-9-5-4-8-23(24)25(30)27(26)20-6-2-1-3-7-20;1-16-5-7-18(8-6-16)22(19-9-11-20(23)12-10-19)14-17(2)13-21(3,4)15-22;1-15-7-8-18(13-16(15)2)21(11-5-4-6-12-21)19-9-10-20(22)17(3)14-19/h2*2-18,29H,1H3;1-17,28-29H;5-12,17,23H,13-15H2,1-4H3;7-10,13-14,22H,4-6,11-12H2,1-3H3. The lowest BCUT2D eigenvalue weighted by Crippen LogP contribution is -2.46. The molecule has 3 aliphatic heterocycles. The Kier molecular flexibility index (Phi) is 25.9. The van der Waals surface area contributed by atoms with Crippen LogP contribution in [0.25, 0.3) is 0 Å². The molecule has 16 aromatic rings. The van der Waals surface area contributed by atoms with Gasteiger partial charge in [-0.15, -0.1) is 0 Å². The average molecular weight is 1780 g/mol. The van der Waals surface area contributed by atoms with Crippen LogP contribution in [0, 0.1) is 52.9 Å². The maximum absolute atomic E-state index is 14.3. The van der Waals surface area contributed by atoms with Crippen molar-refractivity contribution < 1.29 is 45.0 Å². The highest BCUT2D eigenvalue weighted by Gasteiger charge is 2.57. The van der Waals surface area contributed by atoms with Gasteiger partial charge in [0.1, 0.15) is 45.5 Å². The molecule has 2 amide bonds. The third-order valence-electron chi connectivity index (χ3n) is 28.3. The highest BCUT2D eigenvalue weighted by molar-refractivity contribution is 6.19. The normalized spacial score (nSPS) is 18.5. The lowest BCUT2D eigenvalue weighted by atomic mass is 9.55. The van der Waals surface area contributed by atoms with E-state index < -0.39 is 16.5 Å². The number of para-hydroxylation sites is 5. The fourth-order valence-electron chi connectivity index (χ4n) is 22.0. The van der Waals surface area contributed by atoms with Crippen LogP contribution in [-0.4, -0.2) is 48.2 Å². The van der Waals surface area contributed by atoms with E-state index in [1.807, 2.05) is 305 Å². The Balaban J connectivity index is 0.000000118. The number of hydrogen-bond donors (Lipinski definition) is 6. The predicted molar refractivity (Wildman–Crippen MR) is 544 cm³/mol. The van der Waals surface area contributed by atoms with Crippen LogP contribution in [0.3, 0.4) is 0 Å². The minimum absolute atomic E-state index is 0.0237. The topological polar surface area (TPSA) is 182 Å². The van der Waals surface area contributed by atoms with Gasteiger partial charge >= 0.3 is 0 Å². The number of hydrogen-bond acceptors (Lipinski definition) is 10. The summed E-state index contributed by atoms with van der Waals surface area (Å²) in [5.41, 5.74) is 22.9. The summed E-state index contributed by atoms with van der Waals surface area (Å²) in [4.78, 5) is 47.9. The van der Waals surface area contributed by atoms with E-state index in [1.54, 1.807) is 53.4 Å². The molecule has 3 heterocycles. The van der Waals surface area contributed by atoms with Gasteiger partial charge in [-0.05, 0) is 290 Å². The van der Waals surface area contributed by atoms with Gasteiger partial charge in [-0.2, -0.15) is 0 Å². The van der Waals surface area contributed by atoms with E-state index in [0.717, 1.165) is 96.1 Å². The Morgan fingerprint density at radius 3 is 1.13 bits per heavy atom. The molecule has 4 atom stereocenters. The molecule has 0 bridgehead atoms. The number of rotatable bonds is 13. The summed E-state index contributed by atoms with van der Waals surface area (Å²) in [5, 5.41) is 59.2. The zero-order chi connectivity index (χ0) is 94.6. The van der Waals surface area contributed by atoms with Crippen LogP contribution < -0.4 is 14.7 Å². The third-order valence-corrected chi connectivity index (χ3v) is 28.3. The van der Waals surface area contributed by atoms with Gasteiger partial charge in [-0.1, -0.05) is 324 Å². The van der Waals surface area contributed by atoms with E-state index in [4.69, 9.17) is 0 Å². The van der Waals surface area contributed by atoms with Crippen molar-refractivity contribution in [1.29, 1.82) is 0 Å². The van der Waals surface area contributed by atoms with Gasteiger partial charge in [-0.25, -0.2) is 0 Å². The summed E-state index contributed by atoms with van der Waals surface area (Å²) in [6.07, 6.45) is 9.92. The zero-order valence-electron chi connectivity index (χ0n) is 78.0. The first-order valence-electron chi connectivity index (χ1n) is 46.7. The van der Waals surface area contributed by atoms with E-state index in [9.17, 15) is 45.0 Å². The number of amides is 2. The number of phenols is 6. The van der Waals surface area contributed by atoms with Crippen LogP contribution in [0.5, 0.6) is 34.5 Å². The molecular weight excluding hydrogens is 1660 g/mol. The van der Waals surface area contributed by atoms with Crippen molar-refractivity contribution in [2.75, 3.05) is 14.7 Å². The maximum atomic E-state index is 14.3. The number of Topliss-reactive ketones (excluding diaryl/α,β-unsaturated/α-hetero) is 1. The number of carbonyl (C=O) groups is 3. The fourth-order valence-corrected chi connectivity index (χ4v) is 22.0. The van der Waals surface area contributed by atoms with Gasteiger partial charge in [0.05, 0.1) is 11.4 Å². The summed E-state index contributed by atoms with van der Waals surface area (Å²) >= 11 is 0. The Hall–Kier alpha value is -15.3. The molecule has 16 aromatic carbocycles. The number of fused-ring (bicyclic) bond motifs is 3. The third kappa shape index (κ3) is 17.3. The summed E-state index contributed by atoms with van der Waals surface area (Å²) in [6.45, 7) is 19.8. The molecule has 0 saturated heterocycles. The van der Waals surface area contributed by atoms with Crippen molar-refractivity contribution in [1.82, 2.24) is 0 Å². The van der Waals surface area contributed by atoms with Crippen LogP contribution >= 0.6 is 0 Å². The van der Waals surface area contributed by atoms with Crippen LogP contribution in [0.1, 0.15) is 193 Å². The van der Waals surface area contributed by atoms with E-state index >= 15 is 0 Å². The van der Waals surface area contributed by atoms with Crippen LogP contribution in [0.4, 0.5) is 28.4 Å². The average Bonchev–Trinajstić information content (AvgIpc) is 1.55. The van der Waals surface area contributed by atoms with Crippen molar-refractivity contribution in [3.63, 3.8) is 0 Å². The van der Waals surface area contributed by atoms with Crippen molar-refractivity contribution in [2.24, 2.45) is 11.3 Å². The van der Waals surface area contributed by atoms with E-state index in [1.165, 1.54) is 83.9 Å². The molecule has 135 heavy (non-hydrogen) atoms. The van der Waals surface area contributed by atoms with Gasteiger partial charge < -0.3 is 35.5 Å². The van der Waals surface area contributed by atoms with Gasteiger partial charge in [0.15, 0.2) is 11.3 Å². The molecule has 2 aliphatic carbocycles. The van der Waals surface area contributed by atoms with Crippen molar-refractivity contribution in [2.45, 2.75) is 141 Å². The monoisotopic (exact) mass is 1780 g/mol. The molecule has 2 fully saturated rings. The summed E-state index contributed by atoms with van der Waals surface area (Å²) in [6, 6.07) is 127. The SMILES string of the molecule is Cc1ccc(C2(c3ccc(O)c(C)c3)CCCCC2)cc1C.Cc1ccc(C2(c3ccc(O)cc3)C(=O)N(c3ccccc3)c3ccccc32)cc1.Cc1ccc(C2(c3ccc(O)cc3)C(=O)c3ccccc3N2c2ccccc2)cc1.Cc1ccc(C2(c3ccc(O)cc3)CC(C)CC(C)(C)C2)cc1.O=C1c2ccccc2C(c2ccc(O)cc2)(c2ccc(O)cc2)N1c1ccccc1.